The highest BCUT2D eigenvalue weighted by molar-refractivity contribution is 5.54. The SMILES string of the molecule is CCOc1ncnc(NC)c1OC. The van der Waals surface area contributed by atoms with Gasteiger partial charge in [-0.3, -0.25) is 0 Å². The van der Waals surface area contributed by atoms with Gasteiger partial charge < -0.3 is 14.8 Å². The lowest BCUT2D eigenvalue weighted by Gasteiger charge is -2.10. The van der Waals surface area contributed by atoms with E-state index in [0.29, 0.717) is 24.1 Å². The Hall–Kier alpha value is -1.52. The summed E-state index contributed by atoms with van der Waals surface area (Å²) in [5.41, 5.74) is 0. The molecule has 0 aliphatic heterocycles. The number of aromatic nitrogens is 2. The van der Waals surface area contributed by atoms with Crippen LogP contribution in [0.5, 0.6) is 11.6 Å². The van der Waals surface area contributed by atoms with Crippen molar-refractivity contribution >= 4 is 5.82 Å². The molecule has 1 heterocycles. The Labute approximate surface area is 77.1 Å². The molecule has 5 heteroatoms. The van der Waals surface area contributed by atoms with Crippen LogP contribution in [0.25, 0.3) is 0 Å². The summed E-state index contributed by atoms with van der Waals surface area (Å²) in [7, 11) is 3.32. The molecule has 1 rings (SSSR count). The third-order valence-corrected chi connectivity index (χ3v) is 1.49. The van der Waals surface area contributed by atoms with Crippen LogP contribution in [0.2, 0.25) is 0 Å². The van der Waals surface area contributed by atoms with Crippen molar-refractivity contribution in [1.29, 1.82) is 0 Å². The molecular weight excluding hydrogens is 170 g/mol. The van der Waals surface area contributed by atoms with E-state index in [4.69, 9.17) is 9.47 Å². The summed E-state index contributed by atoms with van der Waals surface area (Å²) >= 11 is 0. The molecule has 0 aliphatic rings. The van der Waals surface area contributed by atoms with Gasteiger partial charge in [-0.25, -0.2) is 4.98 Å². The predicted octanol–water partition coefficient (Wildman–Crippen LogP) is 0.926. The highest BCUT2D eigenvalue weighted by Gasteiger charge is 2.10. The van der Waals surface area contributed by atoms with Crippen molar-refractivity contribution < 1.29 is 9.47 Å². The average molecular weight is 183 g/mol. The second-order valence-corrected chi connectivity index (χ2v) is 2.24. The van der Waals surface area contributed by atoms with E-state index in [9.17, 15) is 0 Å². The molecule has 0 amide bonds. The summed E-state index contributed by atoms with van der Waals surface area (Å²) in [5, 5.41) is 2.89. The smallest absolute Gasteiger partial charge is 0.262 e. The van der Waals surface area contributed by atoms with Crippen LogP contribution >= 0.6 is 0 Å². The first kappa shape index (κ1) is 9.57. The first-order valence-electron chi connectivity index (χ1n) is 4.03. The molecule has 0 saturated heterocycles. The van der Waals surface area contributed by atoms with E-state index in [1.54, 1.807) is 14.2 Å². The molecule has 0 saturated carbocycles. The Morgan fingerprint density at radius 2 is 2.23 bits per heavy atom. The number of methoxy groups -OCH3 is 1. The van der Waals surface area contributed by atoms with Crippen LogP contribution in [0.1, 0.15) is 6.92 Å². The number of ether oxygens (including phenoxy) is 2. The summed E-state index contributed by atoms with van der Waals surface area (Å²) in [6.45, 7) is 2.44. The minimum absolute atomic E-state index is 0.462. The molecule has 1 N–H and O–H groups in total. The molecule has 1 aromatic heterocycles. The van der Waals surface area contributed by atoms with Crippen LogP contribution in [0.3, 0.4) is 0 Å². The van der Waals surface area contributed by atoms with Gasteiger partial charge in [0.25, 0.3) is 5.88 Å². The second kappa shape index (κ2) is 4.49. The van der Waals surface area contributed by atoms with Crippen molar-refractivity contribution in [2.75, 3.05) is 26.1 Å². The fraction of sp³-hybridized carbons (Fsp3) is 0.500. The second-order valence-electron chi connectivity index (χ2n) is 2.24. The molecule has 0 atom stereocenters. The third kappa shape index (κ3) is 1.99. The van der Waals surface area contributed by atoms with Crippen LogP contribution < -0.4 is 14.8 Å². The number of anilines is 1. The number of hydrogen-bond donors (Lipinski definition) is 1. The van der Waals surface area contributed by atoms with Crippen molar-refractivity contribution in [1.82, 2.24) is 9.97 Å². The van der Waals surface area contributed by atoms with Gasteiger partial charge in [-0.1, -0.05) is 0 Å². The van der Waals surface area contributed by atoms with Gasteiger partial charge in [0.2, 0.25) is 5.75 Å². The van der Waals surface area contributed by atoms with Crippen LogP contribution in [-0.2, 0) is 0 Å². The van der Waals surface area contributed by atoms with Gasteiger partial charge in [-0.2, -0.15) is 4.98 Å². The van der Waals surface area contributed by atoms with Gasteiger partial charge in [0.05, 0.1) is 13.7 Å². The van der Waals surface area contributed by atoms with Gasteiger partial charge >= 0.3 is 0 Å². The van der Waals surface area contributed by atoms with Crippen molar-refractivity contribution in [2.24, 2.45) is 0 Å². The fourth-order valence-corrected chi connectivity index (χ4v) is 0.959. The first-order chi connectivity index (χ1) is 6.33. The summed E-state index contributed by atoms with van der Waals surface area (Å²) in [6, 6.07) is 0. The summed E-state index contributed by atoms with van der Waals surface area (Å²) in [4.78, 5) is 7.93. The minimum atomic E-state index is 0.462. The van der Waals surface area contributed by atoms with Crippen LogP contribution in [0, 0.1) is 0 Å². The lowest BCUT2D eigenvalue weighted by Crippen LogP contribution is -2.02. The molecule has 0 aromatic carbocycles. The number of nitrogens with zero attached hydrogens (tertiary/aromatic N) is 2. The van der Waals surface area contributed by atoms with Gasteiger partial charge in [0.1, 0.15) is 6.33 Å². The average Bonchev–Trinajstić information content (AvgIpc) is 2.18. The normalized spacial score (nSPS) is 9.46. The van der Waals surface area contributed by atoms with E-state index in [0.717, 1.165) is 0 Å². The van der Waals surface area contributed by atoms with Gasteiger partial charge in [-0.05, 0) is 6.92 Å². The van der Waals surface area contributed by atoms with Crippen molar-refractivity contribution in [3.05, 3.63) is 6.33 Å². The van der Waals surface area contributed by atoms with Crippen molar-refractivity contribution in [3.63, 3.8) is 0 Å². The number of nitrogens with one attached hydrogen (secondary N) is 1. The molecular formula is C8H13N3O2. The molecule has 0 fully saturated rings. The van der Waals surface area contributed by atoms with Gasteiger partial charge in [0, 0.05) is 7.05 Å². The van der Waals surface area contributed by atoms with Gasteiger partial charge in [0.15, 0.2) is 5.82 Å². The molecule has 0 aliphatic carbocycles. The Bertz CT molecular complexity index is 278. The highest BCUT2D eigenvalue weighted by atomic mass is 16.5. The molecule has 0 unspecified atom stereocenters. The monoisotopic (exact) mass is 183 g/mol. The van der Waals surface area contributed by atoms with Gasteiger partial charge in [-0.15, -0.1) is 0 Å². The third-order valence-electron chi connectivity index (χ3n) is 1.49. The summed E-state index contributed by atoms with van der Waals surface area (Å²) < 4.78 is 10.4. The predicted molar refractivity (Wildman–Crippen MR) is 49.3 cm³/mol. The van der Waals surface area contributed by atoms with E-state index >= 15 is 0 Å². The largest absolute Gasteiger partial charge is 0.489 e. The zero-order valence-electron chi connectivity index (χ0n) is 8.00. The standard InChI is InChI=1S/C8H13N3O2/c1-4-13-8-6(12-3)7(9-2)10-5-11-8/h5H,4H2,1-3H3,(H,9,10,11). The zero-order valence-corrected chi connectivity index (χ0v) is 8.00. The molecule has 1 aromatic rings. The fourth-order valence-electron chi connectivity index (χ4n) is 0.959. The highest BCUT2D eigenvalue weighted by Crippen LogP contribution is 2.30. The lowest BCUT2D eigenvalue weighted by atomic mass is 10.5. The Balaban J connectivity index is 3.03. The lowest BCUT2D eigenvalue weighted by molar-refractivity contribution is 0.298. The van der Waals surface area contributed by atoms with Crippen LogP contribution in [0.15, 0.2) is 6.33 Å². The molecule has 0 bridgehead atoms. The summed E-state index contributed by atoms with van der Waals surface area (Å²) in [5.74, 6) is 1.62. The Kier molecular flexibility index (Phi) is 3.31. The Morgan fingerprint density at radius 1 is 1.46 bits per heavy atom. The maximum atomic E-state index is 5.25. The van der Waals surface area contributed by atoms with Crippen molar-refractivity contribution in [3.8, 4) is 11.6 Å². The Morgan fingerprint density at radius 3 is 2.77 bits per heavy atom. The van der Waals surface area contributed by atoms with E-state index in [1.165, 1.54) is 6.33 Å². The van der Waals surface area contributed by atoms with Crippen LogP contribution in [0.4, 0.5) is 5.82 Å². The first-order valence-corrected chi connectivity index (χ1v) is 4.03. The maximum Gasteiger partial charge on any atom is 0.262 e. The van der Waals surface area contributed by atoms with Crippen LogP contribution in [-0.4, -0.2) is 30.7 Å². The van der Waals surface area contributed by atoms with E-state index in [2.05, 4.69) is 15.3 Å². The zero-order chi connectivity index (χ0) is 9.68. The molecule has 72 valence electrons. The number of hydrogen-bond acceptors (Lipinski definition) is 5. The molecule has 13 heavy (non-hydrogen) atoms. The van der Waals surface area contributed by atoms with E-state index in [-0.39, 0.29) is 0 Å². The summed E-state index contributed by atoms with van der Waals surface area (Å²) in [6.07, 6.45) is 1.43. The molecule has 0 spiro atoms. The van der Waals surface area contributed by atoms with E-state index < -0.39 is 0 Å². The van der Waals surface area contributed by atoms with E-state index in [1.807, 2.05) is 6.92 Å². The quantitative estimate of drug-likeness (QED) is 0.752. The molecule has 5 nitrogen and oxygen atoms in total. The minimum Gasteiger partial charge on any atom is -0.489 e. The molecule has 0 radical (unpaired) electrons. The number of rotatable bonds is 4. The van der Waals surface area contributed by atoms with Crippen molar-refractivity contribution in [2.45, 2.75) is 6.92 Å². The maximum absolute atomic E-state index is 5.25. The topological polar surface area (TPSA) is 56.3 Å².